The molecule has 1 saturated heterocycles. The molecule has 1 fully saturated rings. The van der Waals surface area contributed by atoms with Crippen molar-refractivity contribution in [2.45, 2.75) is 18.6 Å². The third-order valence-corrected chi connectivity index (χ3v) is 4.32. The fourth-order valence-electron chi connectivity index (χ4n) is 3.02. The van der Waals surface area contributed by atoms with Gasteiger partial charge < -0.3 is 10.1 Å². The van der Waals surface area contributed by atoms with E-state index in [1.807, 2.05) is 0 Å². The van der Waals surface area contributed by atoms with Gasteiger partial charge in [-0.1, -0.05) is 12.1 Å². The summed E-state index contributed by atoms with van der Waals surface area (Å²) < 4.78 is 44.9. The van der Waals surface area contributed by atoms with Gasteiger partial charge in [-0.25, -0.2) is 4.90 Å². The number of benzene rings is 2. The van der Waals surface area contributed by atoms with Crippen LogP contribution in [-0.2, 0) is 15.8 Å². The lowest BCUT2D eigenvalue weighted by Gasteiger charge is -2.20. The van der Waals surface area contributed by atoms with E-state index >= 15 is 0 Å². The van der Waals surface area contributed by atoms with E-state index in [1.54, 1.807) is 0 Å². The van der Waals surface area contributed by atoms with Gasteiger partial charge in [-0.15, -0.1) is 0 Å². The lowest BCUT2D eigenvalue weighted by atomic mass is 10.1. The SMILES string of the molecule is COc1ccc([N+](=O)[O-])cc1NC1CC(=O)N(c2ccccc2C(F)(F)F)C1=O. The minimum Gasteiger partial charge on any atom is -0.495 e. The van der Waals surface area contributed by atoms with Crippen LogP contribution >= 0.6 is 0 Å². The summed E-state index contributed by atoms with van der Waals surface area (Å²) in [6.45, 7) is 0. The highest BCUT2D eigenvalue weighted by molar-refractivity contribution is 6.23. The summed E-state index contributed by atoms with van der Waals surface area (Å²) in [4.78, 5) is 35.9. The van der Waals surface area contributed by atoms with Crippen molar-refractivity contribution in [3.63, 3.8) is 0 Å². The number of nitrogens with one attached hydrogen (secondary N) is 1. The van der Waals surface area contributed by atoms with Crippen molar-refractivity contribution in [2.75, 3.05) is 17.3 Å². The number of nitro benzene ring substituents is 1. The van der Waals surface area contributed by atoms with E-state index in [9.17, 15) is 32.9 Å². The first kappa shape index (κ1) is 20.1. The van der Waals surface area contributed by atoms with Crippen LogP contribution in [0.3, 0.4) is 0 Å². The Labute approximate surface area is 162 Å². The molecule has 1 N–H and O–H groups in total. The van der Waals surface area contributed by atoms with Crippen LogP contribution in [0.15, 0.2) is 42.5 Å². The fraction of sp³-hybridized carbons (Fsp3) is 0.222. The lowest BCUT2D eigenvalue weighted by Crippen LogP contribution is -2.36. The van der Waals surface area contributed by atoms with E-state index in [2.05, 4.69) is 5.32 Å². The molecule has 2 amide bonds. The maximum atomic E-state index is 13.3. The average Bonchev–Trinajstić information content (AvgIpc) is 2.94. The van der Waals surface area contributed by atoms with Gasteiger partial charge in [-0.3, -0.25) is 19.7 Å². The van der Waals surface area contributed by atoms with E-state index in [0.29, 0.717) is 4.90 Å². The number of hydrogen-bond acceptors (Lipinski definition) is 6. The topological polar surface area (TPSA) is 102 Å². The van der Waals surface area contributed by atoms with Gasteiger partial charge in [0.05, 0.1) is 35.4 Å². The Bertz CT molecular complexity index is 993. The number of imide groups is 1. The van der Waals surface area contributed by atoms with Gasteiger partial charge in [0, 0.05) is 12.1 Å². The molecular formula is C18H14F3N3O5. The molecule has 1 heterocycles. The number of halogens is 3. The molecule has 0 spiro atoms. The Morgan fingerprint density at radius 2 is 1.90 bits per heavy atom. The molecule has 0 radical (unpaired) electrons. The summed E-state index contributed by atoms with van der Waals surface area (Å²) >= 11 is 0. The highest BCUT2D eigenvalue weighted by atomic mass is 19.4. The maximum Gasteiger partial charge on any atom is 0.418 e. The fourth-order valence-corrected chi connectivity index (χ4v) is 3.02. The summed E-state index contributed by atoms with van der Waals surface area (Å²) in [6.07, 6.45) is -5.18. The number of nitro groups is 1. The van der Waals surface area contributed by atoms with Crippen LogP contribution in [0.4, 0.5) is 30.2 Å². The second-order valence-corrected chi connectivity index (χ2v) is 6.13. The Morgan fingerprint density at radius 3 is 2.52 bits per heavy atom. The van der Waals surface area contributed by atoms with Gasteiger partial charge in [0.2, 0.25) is 5.91 Å². The molecule has 8 nitrogen and oxygen atoms in total. The predicted molar refractivity (Wildman–Crippen MR) is 95.6 cm³/mol. The number of methoxy groups -OCH3 is 1. The van der Waals surface area contributed by atoms with Crippen LogP contribution in [0.25, 0.3) is 0 Å². The normalized spacial score (nSPS) is 16.8. The molecular weight excluding hydrogens is 395 g/mol. The molecule has 29 heavy (non-hydrogen) atoms. The second kappa shape index (κ2) is 7.41. The van der Waals surface area contributed by atoms with Gasteiger partial charge >= 0.3 is 6.18 Å². The number of ether oxygens (including phenoxy) is 1. The first-order chi connectivity index (χ1) is 13.6. The molecule has 0 saturated carbocycles. The molecule has 0 bridgehead atoms. The van der Waals surface area contributed by atoms with E-state index < -0.39 is 46.6 Å². The zero-order valence-corrected chi connectivity index (χ0v) is 14.9. The molecule has 2 aromatic carbocycles. The number of amides is 2. The highest BCUT2D eigenvalue weighted by Gasteiger charge is 2.44. The number of para-hydroxylation sites is 1. The van der Waals surface area contributed by atoms with Gasteiger partial charge in [0.25, 0.3) is 11.6 Å². The van der Waals surface area contributed by atoms with Crippen molar-refractivity contribution in [3.8, 4) is 5.75 Å². The molecule has 152 valence electrons. The van der Waals surface area contributed by atoms with Crippen LogP contribution in [0.1, 0.15) is 12.0 Å². The number of alkyl halides is 3. The van der Waals surface area contributed by atoms with Crippen molar-refractivity contribution in [2.24, 2.45) is 0 Å². The summed E-state index contributed by atoms with van der Waals surface area (Å²) in [5.74, 6) is -1.56. The largest absolute Gasteiger partial charge is 0.495 e. The van der Waals surface area contributed by atoms with Gasteiger partial charge in [-0.05, 0) is 18.2 Å². The van der Waals surface area contributed by atoms with Crippen molar-refractivity contribution in [3.05, 3.63) is 58.1 Å². The van der Waals surface area contributed by atoms with Crippen LogP contribution in [0, 0.1) is 10.1 Å². The van der Waals surface area contributed by atoms with Gasteiger partial charge in [0.15, 0.2) is 0 Å². The molecule has 0 aliphatic carbocycles. The van der Waals surface area contributed by atoms with Crippen molar-refractivity contribution in [1.29, 1.82) is 0 Å². The summed E-state index contributed by atoms with van der Waals surface area (Å²) in [5, 5.41) is 13.6. The number of nitrogens with zero attached hydrogens (tertiary/aromatic N) is 2. The average molecular weight is 409 g/mol. The number of hydrogen-bond donors (Lipinski definition) is 1. The van der Waals surface area contributed by atoms with Crippen LogP contribution in [-0.4, -0.2) is 29.9 Å². The molecule has 3 rings (SSSR count). The second-order valence-electron chi connectivity index (χ2n) is 6.13. The quantitative estimate of drug-likeness (QED) is 0.462. The zero-order valence-electron chi connectivity index (χ0n) is 14.9. The van der Waals surface area contributed by atoms with Crippen LogP contribution < -0.4 is 15.0 Å². The number of rotatable bonds is 5. The molecule has 0 aromatic heterocycles. The van der Waals surface area contributed by atoms with E-state index in [0.717, 1.165) is 24.3 Å². The number of non-ortho nitro benzene ring substituents is 1. The van der Waals surface area contributed by atoms with Crippen LogP contribution in [0.2, 0.25) is 0 Å². The van der Waals surface area contributed by atoms with Crippen LogP contribution in [0.5, 0.6) is 5.75 Å². The smallest absolute Gasteiger partial charge is 0.418 e. The van der Waals surface area contributed by atoms with E-state index in [4.69, 9.17) is 4.74 Å². The molecule has 11 heteroatoms. The van der Waals surface area contributed by atoms with Crippen molar-refractivity contribution >= 4 is 28.9 Å². The molecule has 1 atom stereocenters. The number of anilines is 2. The Kier molecular flexibility index (Phi) is 5.14. The molecule has 1 unspecified atom stereocenters. The highest BCUT2D eigenvalue weighted by Crippen LogP contribution is 2.39. The van der Waals surface area contributed by atoms with E-state index in [-0.39, 0.29) is 17.1 Å². The molecule has 1 aliphatic heterocycles. The van der Waals surface area contributed by atoms with Crippen molar-refractivity contribution < 1.29 is 32.4 Å². The minimum absolute atomic E-state index is 0.0683. The monoisotopic (exact) mass is 409 g/mol. The summed E-state index contributed by atoms with van der Waals surface area (Å²) in [6, 6.07) is 6.66. The number of carbonyl (C=O) groups excluding carboxylic acids is 2. The molecule has 1 aliphatic rings. The van der Waals surface area contributed by atoms with Gasteiger partial charge in [0.1, 0.15) is 11.8 Å². The third-order valence-electron chi connectivity index (χ3n) is 4.32. The zero-order chi connectivity index (χ0) is 21.3. The minimum atomic E-state index is -4.76. The Balaban J connectivity index is 1.94. The van der Waals surface area contributed by atoms with Crippen molar-refractivity contribution in [1.82, 2.24) is 0 Å². The number of carbonyl (C=O) groups is 2. The summed E-state index contributed by atoms with van der Waals surface area (Å²) in [5.41, 5.74) is -1.90. The first-order valence-corrected chi connectivity index (χ1v) is 8.25. The summed E-state index contributed by atoms with van der Waals surface area (Å²) in [7, 11) is 1.31. The lowest BCUT2D eigenvalue weighted by molar-refractivity contribution is -0.384. The standard InChI is InChI=1S/C18H14F3N3O5/c1-29-15-7-6-10(24(27)28)8-12(15)22-13-9-16(25)23(17(13)26)14-5-3-2-4-11(14)18(19,20)21/h2-8,13,22H,9H2,1H3. The van der Waals surface area contributed by atoms with Gasteiger partial charge in [-0.2, -0.15) is 13.2 Å². The first-order valence-electron chi connectivity index (χ1n) is 8.25. The third kappa shape index (κ3) is 3.84. The Hall–Kier alpha value is -3.63. The molecule has 2 aromatic rings. The Morgan fingerprint density at radius 1 is 1.21 bits per heavy atom. The predicted octanol–water partition coefficient (Wildman–Crippen LogP) is 3.37. The van der Waals surface area contributed by atoms with E-state index in [1.165, 1.54) is 25.3 Å². The maximum absolute atomic E-state index is 13.3.